The van der Waals surface area contributed by atoms with E-state index in [1.807, 2.05) is 18.2 Å². The Balaban J connectivity index is 2.22. The molecule has 0 amide bonds. The zero-order valence-corrected chi connectivity index (χ0v) is 7.46. The average molecular weight is 178 g/mol. The molecule has 0 saturated heterocycles. The van der Waals surface area contributed by atoms with Crippen molar-refractivity contribution in [1.29, 1.82) is 0 Å². The second-order valence-corrected chi connectivity index (χ2v) is 3.18. The molecular formula is C9H10N2S. The van der Waals surface area contributed by atoms with Crippen LogP contribution in [0.4, 0.5) is 0 Å². The Kier molecular flexibility index (Phi) is 2.04. The number of hydrogen-bond donors (Lipinski definition) is 2. The van der Waals surface area contributed by atoms with Crippen LogP contribution >= 0.6 is 12.6 Å². The molecule has 1 heterocycles. The molecule has 0 fully saturated rings. The van der Waals surface area contributed by atoms with Crippen LogP contribution in [0.5, 0.6) is 0 Å². The van der Waals surface area contributed by atoms with Crippen molar-refractivity contribution in [3.05, 3.63) is 35.9 Å². The van der Waals surface area contributed by atoms with Crippen molar-refractivity contribution in [3.8, 4) is 0 Å². The highest BCUT2D eigenvalue weighted by atomic mass is 32.1. The third-order valence-corrected chi connectivity index (χ3v) is 2.19. The summed E-state index contributed by atoms with van der Waals surface area (Å²) in [6.45, 7) is 0.864. The zero-order valence-electron chi connectivity index (χ0n) is 6.57. The number of nitrogens with one attached hydrogen (secondary N) is 1. The molecule has 0 saturated carbocycles. The van der Waals surface area contributed by atoms with Crippen LogP contribution in [0.25, 0.3) is 0 Å². The van der Waals surface area contributed by atoms with Gasteiger partial charge in [-0.05, 0) is 5.56 Å². The Morgan fingerprint density at radius 2 is 2.08 bits per heavy atom. The van der Waals surface area contributed by atoms with E-state index in [1.54, 1.807) is 0 Å². The van der Waals surface area contributed by atoms with Crippen LogP contribution in [0.1, 0.15) is 11.6 Å². The first-order valence-electron chi connectivity index (χ1n) is 3.92. The van der Waals surface area contributed by atoms with E-state index in [0.29, 0.717) is 0 Å². The SMILES string of the molecule is SC1=N[C@@H](c2ccccc2)CN1. The van der Waals surface area contributed by atoms with Crippen molar-refractivity contribution >= 4 is 17.8 Å². The molecule has 0 radical (unpaired) electrons. The number of aliphatic imine (C=N–C) groups is 1. The van der Waals surface area contributed by atoms with E-state index in [0.717, 1.165) is 11.7 Å². The third kappa shape index (κ3) is 1.46. The van der Waals surface area contributed by atoms with Crippen molar-refractivity contribution < 1.29 is 0 Å². The largest absolute Gasteiger partial charge is 0.363 e. The molecule has 0 spiro atoms. The van der Waals surface area contributed by atoms with Gasteiger partial charge in [0, 0.05) is 6.54 Å². The molecule has 1 N–H and O–H groups in total. The highest BCUT2D eigenvalue weighted by Crippen LogP contribution is 2.19. The van der Waals surface area contributed by atoms with Crippen molar-refractivity contribution in [2.45, 2.75) is 6.04 Å². The van der Waals surface area contributed by atoms with Crippen LogP contribution in [-0.4, -0.2) is 11.7 Å². The van der Waals surface area contributed by atoms with Gasteiger partial charge in [0.15, 0.2) is 5.17 Å². The Morgan fingerprint density at radius 3 is 2.67 bits per heavy atom. The standard InChI is InChI=1S/C9H10N2S/c12-9-10-6-8(11-9)7-4-2-1-3-5-7/h1-5,8H,6H2,(H2,10,11,12)/t8-/m1/s1. The lowest BCUT2D eigenvalue weighted by Crippen LogP contribution is -2.14. The first-order valence-corrected chi connectivity index (χ1v) is 4.36. The molecule has 1 atom stereocenters. The van der Waals surface area contributed by atoms with E-state index in [2.05, 4.69) is 35.1 Å². The minimum absolute atomic E-state index is 0.249. The molecule has 0 aliphatic carbocycles. The lowest BCUT2D eigenvalue weighted by molar-refractivity contribution is 0.752. The maximum atomic E-state index is 4.33. The molecule has 12 heavy (non-hydrogen) atoms. The number of benzene rings is 1. The number of thiol groups is 1. The topological polar surface area (TPSA) is 24.4 Å². The van der Waals surface area contributed by atoms with Crippen LogP contribution in [0.3, 0.4) is 0 Å². The maximum Gasteiger partial charge on any atom is 0.154 e. The molecule has 0 bridgehead atoms. The molecule has 3 heteroatoms. The van der Waals surface area contributed by atoms with E-state index in [9.17, 15) is 0 Å². The van der Waals surface area contributed by atoms with Crippen LogP contribution < -0.4 is 5.32 Å². The molecule has 1 aromatic rings. The van der Waals surface area contributed by atoms with Gasteiger partial charge in [-0.3, -0.25) is 4.99 Å². The average Bonchev–Trinajstić information content (AvgIpc) is 2.54. The van der Waals surface area contributed by atoms with Gasteiger partial charge in [-0.25, -0.2) is 0 Å². The summed E-state index contributed by atoms with van der Waals surface area (Å²) in [7, 11) is 0. The predicted octanol–water partition coefficient (Wildman–Crippen LogP) is 1.62. The molecule has 2 rings (SSSR count). The number of hydrogen-bond acceptors (Lipinski definition) is 2. The summed E-state index contributed by atoms with van der Waals surface area (Å²) in [5.41, 5.74) is 1.24. The summed E-state index contributed by atoms with van der Waals surface area (Å²) in [6.07, 6.45) is 0. The number of amidine groups is 1. The molecule has 1 aliphatic heterocycles. The minimum atomic E-state index is 0.249. The first-order chi connectivity index (χ1) is 5.86. The Labute approximate surface area is 77.1 Å². The fourth-order valence-electron chi connectivity index (χ4n) is 1.29. The molecular weight excluding hydrogens is 168 g/mol. The first kappa shape index (κ1) is 7.68. The van der Waals surface area contributed by atoms with Crippen LogP contribution in [0.2, 0.25) is 0 Å². The molecule has 0 aromatic heterocycles. The number of nitrogens with zero attached hydrogens (tertiary/aromatic N) is 1. The highest BCUT2D eigenvalue weighted by molar-refractivity contribution is 7.96. The van der Waals surface area contributed by atoms with Crippen LogP contribution in [0, 0.1) is 0 Å². The predicted molar refractivity (Wildman–Crippen MR) is 53.6 cm³/mol. The summed E-state index contributed by atoms with van der Waals surface area (Å²) >= 11 is 4.14. The quantitative estimate of drug-likeness (QED) is 0.627. The van der Waals surface area contributed by atoms with Crippen molar-refractivity contribution in [3.63, 3.8) is 0 Å². The van der Waals surface area contributed by atoms with E-state index < -0.39 is 0 Å². The van der Waals surface area contributed by atoms with Crippen molar-refractivity contribution in [2.75, 3.05) is 6.54 Å². The fourth-order valence-corrected chi connectivity index (χ4v) is 1.53. The van der Waals surface area contributed by atoms with Gasteiger partial charge in [-0.2, -0.15) is 0 Å². The van der Waals surface area contributed by atoms with Gasteiger partial charge in [0.2, 0.25) is 0 Å². The third-order valence-electron chi connectivity index (χ3n) is 1.92. The molecule has 1 aromatic carbocycles. The smallest absolute Gasteiger partial charge is 0.154 e. The van der Waals surface area contributed by atoms with Gasteiger partial charge >= 0.3 is 0 Å². The second kappa shape index (κ2) is 3.19. The van der Waals surface area contributed by atoms with Crippen molar-refractivity contribution in [1.82, 2.24) is 5.32 Å². The summed E-state index contributed by atoms with van der Waals surface area (Å²) in [4.78, 5) is 4.33. The van der Waals surface area contributed by atoms with E-state index in [-0.39, 0.29) is 6.04 Å². The van der Waals surface area contributed by atoms with E-state index >= 15 is 0 Å². The summed E-state index contributed by atoms with van der Waals surface area (Å²) in [6, 6.07) is 10.5. The lowest BCUT2D eigenvalue weighted by Gasteiger charge is -2.04. The minimum Gasteiger partial charge on any atom is -0.363 e. The molecule has 2 nitrogen and oxygen atoms in total. The number of rotatable bonds is 1. The lowest BCUT2D eigenvalue weighted by atomic mass is 10.1. The van der Waals surface area contributed by atoms with Gasteiger partial charge in [0.05, 0.1) is 6.04 Å². The van der Waals surface area contributed by atoms with Crippen LogP contribution in [0.15, 0.2) is 35.3 Å². The maximum absolute atomic E-state index is 4.33. The van der Waals surface area contributed by atoms with Gasteiger partial charge in [0.1, 0.15) is 0 Å². The normalized spacial score (nSPS) is 21.8. The Bertz CT molecular complexity index is 295. The Hall–Kier alpha value is -0.960. The molecule has 62 valence electrons. The zero-order chi connectivity index (χ0) is 8.39. The van der Waals surface area contributed by atoms with Gasteiger partial charge in [-0.1, -0.05) is 30.3 Å². The summed E-state index contributed by atoms with van der Waals surface area (Å²) < 4.78 is 0. The van der Waals surface area contributed by atoms with Gasteiger partial charge in [0.25, 0.3) is 0 Å². The van der Waals surface area contributed by atoms with Crippen LogP contribution in [-0.2, 0) is 0 Å². The molecule has 1 aliphatic rings. The summed E-state index contributed by atoms with van der Waals surface area (Å²) in [5.74, 6) is 0. The van der Waals surface area contributed by atoms with Crippen molar-refractivity contribution in [2.24, 2.45) is 4.99 Å². The monoisotopic (exact) mass is 178 g/mol. The summed E-state index contributed by atoms with van der Waals surface area (Å²) in [5, 5.41) is 3.82. The van der Waals surface area contributed by atoms with Gasteiger partial charge < -0.3 is 5.32 Å². The van der Waals surface area contributed by atoms with E-state index in [4.69, 9.17) is 0 Å². The highest BCUT2D eigenvalue weighted by Gasteiger charge is 2.15. The fraction of sp³-hybridized carbons (Fsp3) is 0.222. The second-order valence-electron chi connectivity index (χ2n) is 2.76. The van der Waals surface area contributed by atoms with E-state index in [1.165, 1.54) is 5.56 Å². The Morgan fingerprint density at radius 1 is 1.33 bits per heavy atom. The molecule has 0 unspecified atom stereocenters. The van der Waals surface area contributed by atoms with Gasteiger partial charge in [-0.15, -0.1) is 12.6 Å².